The molecular weight excluding hydrogens is 422 g/mol. The summed E-state index contributed by atoms with van der Waals surface area (Å²) in [6.45, 7) is 2.05. The molecule has 1 unspecified atom stereocenters. The van der Waals surface area contributed by atoms with E-state index in [1.54, 1.807) is 7.11 Å². The lowest BCUT2D eigenvalue weighted by Crippen LogP contribution is -2.32. The number of nitrogens with zero attached hydrogens (tertiary/aromatic N) is 1. The molecule has 1 aromatic heterocycles. The number of aromatic nitrogens is 2. The van der Waals surface area contributed by atoms with Gasteiger partial charge in [0.2, 0.25) is 0 Å². The fraction of sp³-hybridized carbons (Fsp3) is 0.241. The second kappa shape index (κ2) is 9.56. The maximum Gasteiger partial charge on any atom is 0.251 e. The molecule has 172 valence electrons. The number of benzene rings is 3. The van der Waals surface area contributed by atoms with Crippen LogP contribution in [0.1, 0.15) is 40.4 Å². The van der Waals surface area contributed by atoms with E-state index < -0.39 is 0 Å². The molecule has 0 saturated heterocycles. The van der Waals surface area contributed by atoms with E-state index in [0.717, 1.165) is 48.4 Å². The van der Waals surface area contributed by atoms with Crippen molar-refractivity contribution in [3.63, 3.8) is 0 Å². The number of hydrogen-bond donors (Lipinski definition) is 2. The van der Waals surface area contributed by atoms with Crippen LogP contribution in [0.2, 0.25) is 0 Å². The van der Waals surface area contributed by atoms with Crippen molar-refractivity contribution in [1.29, 1.82) is 0 Å². The van der Waals surface area contributed by atoms with Gasteiger partial charge in [-0.2, -0.15) is 5.10 Å². The Bertz CT molecular complexity index is 1290. The van der Waals surface area contributed by atoms with Crippen LogP contribution in [0.4, 0.5) is 0 Å². The second-order valence-corrected chi connectivity index (χ2v) is 8.92. The average Bonchev–Trinajstić information content (AvgIpc) is 3.32. The minimum atomic E-state index is -0.0426. The van der Waals surface area contributed by atoms with Gasteiger partial charge in [-0.25, -0.2) is 0 Å². The quantitative estimate of drug-likeness (QED) is 0.384. The number of rotatable bonds is 7. The molecule has 0 bridgehead atoms. The van der Waals surface area contributed by atoms with Crippen molar-refractivity contribution in [2.45, 2.75) is 38.6 Å². The summed E-state index contributed by atoms with van der Waals surface area (Å²) in [6, 6.07) is 24.4. The van der Waals surface area contributed by atoms with Crippen LogP contribution in [0.3, 0.4) is 0 Å². The predicted octanol–water partition coefficient (Wildman–Crippen LogP) is 5.60. The number of ether oxygens (including phenoxy) is 1. The normalized spacial score (nSPS) is 13.0. The molecule has 1 aliphatic carbocycles. The largest absolute Gasteiger partial charge is 0.497 e. The number of fused-ring (bicyclic) bond motifs is 3. The van der Waals surface area contributed by atoms with Crippen molar-refractivity contribution in [2.24, 2.45) is 0 Å². The maximum absolute atomic E-state index is 12.7. The highest BCUT2D eigenvalue weighted by atomic mass is 16.5. The highest BCUT2D eigenvalue weighted by Crippen LogP contribution is 2.38. The van der Waals surface area contributed by atoms with Gasteiger partial charge < -0.3 is 10.1 Å². The predicted molar refractivity (Wildman–Crippen MR) is 135 cm³/mol. The van der Waals surface area contributed by atoms with Crippen LogP contribution < -0.4 is 10.1 Å². The standard InChI is InChI=1S/C29H29N3O2/c1-19(8-9-20-6-4-3-5-7-20)30-29(33)22-12-10-21(11-13-22)27-26-16-14-23-18-24(34-2)15-17-25(23)28(26)32-31-27/h3-7,10-13,15,17-19H,8-9,14,16H2,1-2H3,(H,30,33)(H,31,32). The Kier molecular flexibility index (Phi) is 6.17. The number of amides is 1. The molecule has 0 radical (unpaired) electrons. The number of carbonyl (C=O) groups is 1. The number of aromatic amines is 1. The van der Waals surface area contributed by atoms with Gasteiger partial charge in [0.25, 0.3) is 5.91 Å². The van der Waals surface area contributed by atoms with Crippen LogP contribution in [-0.4, -0.2) is 29.3 Å². The molecule has 0 spiro atoms. The second-order valence-electron chi connectivity index (χ2n) is 8.92. The van der Waals surface area contributed by atoms with Gasteiger partial charge in [-0.1, -0.05) is 42.5 Å². The van der Waals surface area contributed by atoms with Crippen molar-refractivity contribution < 1.29 is 9.53 Å². The number of hydrogen-bond acceptors (Lipinski definition) is 3. The van der Waals surface area contributed by atoms with Gasteiger partial charge in [-0.05, 0) is 74.1 Å². The number of nitrogens with one attached hydrogen (secondary N) is 2. The zero-order valence-corrected chi connectivity index (χ0v) is 19.6. The van der Waals surface area contributed by atoms with Crippen molar-refractivity contribution in [3.05, 3.63) is 95.1 Å². The zero-order valence-electron chi connectivity index (χ0n) is 19.6. The molecule has 34 heavy (non-hydrogen) atoms. The summed E-state index contributed by atoms with van der Waals surface area (Å²) >= 11 is 0. The fourth-order valence-electron chi connectivity index (χ4n) is 4.66. The Labute approximate surface area is 200 Å². The Balaban J connectivity index is 1.27. The molecule has 0 fully saturated rings. The molecule has 0 saturated carbocycles. The van der Waals surface area contributed by atoms with E-state index in [1.165, 1.54) is 22.3 Å². The minimum absolute atomic E-state index is 0.0426. The van der Waals surface area contributed by atoms with Crippen molar-refractivity contribution in [1.82, 2.24) is 15.5 Å². The van der Waals surface area contributed by atoms with E-state index in [-0.39, 0.29) is 11.9 Å². The van der Waals surface area contributed by atoms with Gasteiger partial charge in [-0.15, -0.1) is 0 Å². The first-order valence-corrected chi connectivity index (χ1v) is 11.8. The smallest absolute Gasteiger partial charge is 0.251 e. The number of methoxy groups -OCH3 is 1. The van der Waals surface area contributed by atoms with Gasteiger partial charge in [0.1, 0.15) is 5.75 Å². The molecule has 0 aliphatic heterocycles. The first-order chi connectivity index (χ1) is 16.6. The molecular formula is C29H29N3O2. The van der Waals surface area contributed by atoms with Crippen molar-refractivity contribution >= 4 is 5.91 Å². The molecule has 5 rings (SSSR count). The molecule has 4 aromatic rings. The molecule has 1 atom stereocenters. The summed E-state index contributed by atoms with van der Waals surface area (Å²) in [5.41, 5.74) is 8.69. The van der Waals surface area contributed by atoms with E-state index in [0.29, 0.717) is 5.56 Å². The highest BCUT2D eigenvalue weighted by Gasteiger charge is 2.23. The lowest BCUT2D eigenvalue weighted by Gasteiger charge is -2.17. The van der Waals surface area contributed by atoms with Gasteiger partial charge in [-0.3, -0.25) is 9.89 Å². The summed E-state index contributed by atoms with van der Waals surface area (Å²) in [6.07, 6.45) is 3.72. The fourth-order valence-corrected chi connectivity index (χ4v) is 4.66. The van der Waals surface area contributed by atoms with Crippen LogP contribution in [0.5, 0.6) is 5.75 Å². The maximum atomic E-state index is 12.7. The molecule has 5 heteroatoms. The lowest BCUT2D eigenvalue weighted by atomic mass is 9.87. The van der Waals surface area contributed by atoms with Gasteiger partial charge >= 0.3 is 0 Å². The summed E-state index contributed by atoms with van der Waals surface area (Å²) < 4.78 is 5.37. The van der Waals surface area contributed by atoms with Crippen LogP contribution in [-0.2, 0) is 19.3 Å². The van der Waals surface area contributed by atoms with E-state index >= 15 is 0 Å². The Morgan fingerprint density at radius 3 is 2.62 bits per heavy atom. The number of aryl methyl sites for hydroxylation is 2. The van der Waals surface area contributed by atoms with E-state index in [9.17, 15) is 4.79 Å². The van der Waals surface area contributed by atoms with Crippen molar-refractivity contribution in [2.75, 3.05) is 7.11 Å². The van der Waals surface area contributed by atoms with Crippen LogP contribution >= 0.6 is 0 Å². The minimum Gasteiger partial charge on any atom is -0.497 e. The molecule has 2 N–H and O–H groups in total. The van der Waals surface area contributed by atoms with E-state index in [2.05, 4.69) is 46.7 Å². The van der Waals surface area contributed by atoms with Crippen LogP contribution in [0, 0.1) is 0 Å². The lowest BCUT2D eigenvalue weighted by molar-refractivity contribution is 0.0938. The molecule has 1 heterocycles. The van der Waals surface area contributed by atoms with E-state index in [1.807, 2.05) is 48.5 Å². The summed E-state index contributed by atoms with van der Waals surface area (Å²) in [5, 5.41) is 11.0. The highest BCUT2D eigenvalue weighted by molar-refractivity contribution is 5.95. The summed E-state index contributed by atoms with van der Waals surface area (Å²) in [4.78, 5) is 12.7. The topological polar surface area (TPSA) is 67.0 Å². The molecule has 1 amide bonds. The third-order valence-electron chi connectivity index (χ3n) is 6.60. The van der Waals surface area contributed by atoms with Gasteiger partial charge in [0, 0.05) is 28.3 Å². The van der Waals surface area contributed by atoms with Gasteiger partial charge in [0.15, 0.2) is 0 Å². The van der Waals surface area contributed by atoms with E-state index in [4.69, 9.17) is 4.74 Å². The zero-order chi connectivity index (χ0) is 23.5. The third-order valence-corrected chi connectivity index (χ3v) is 6.60. The SMILES string of the molecule is COc1ccc2c(c1)CCc1c(-c3ccc(C(=O)NC(C)CCc4ccccc4)cc3)n[nH]c1-2. The number of H-pyrrole nitrogens is 1. The average molecular weight is 452 g/mol. The Hall–Kier alpha value is -3.86. The Morgan fingerprint density at radius 1 is 1.06 bits per heavy atom. The summed E-state index contributed by atoms with van der Waals surface area (Å²) in [5.74, 6) is 0.837. The Morgan fingerprint density at radius 2 is 1.85 bits per heavy atom. The molecule has 1 aliphatic rings. The first-order valence-electron chi connectivity index (χ1n) is 11.8. The first kappa shape index (κ1) is 22.0. The monoisotopic (exact) mass is 451 g/mol. The van der Waals surface area contributed by atoms with Crippen molar-refractivity contribution in [3.8, 4) is 28.3 Å². The van der Waals surface area contributed by atoms with Crippen LogP contribution in [0.15, 0.2) is 72.8 Å². The molecule has 5 nitrogen and oxygen atoms in total. The number of carbonyl (C=O) groups excluding carboxylic acids is 1. The molecule has 3 aromatic carbocycles. The van der Waals surface area contributed by atoms with Gasteiger partial charge in [0.05, 0.1) is 18.5 Å². The third kappa shape index (κ3) is 4.46. The van der Waals surface area contributed by atoms with Crippen LogP contribution in [0.25, 0.3) is 22.5 Å². The summed E-state index contributed by atoms with van der Waals surface area (Å²) in [7, 11) is 1.69.